The minimum Gasteiger partial charge on any atom is -0.493 e. The van der Waals surface area contributed by atoms with Gasteiger partial charge in [0.15, 0.2) is 0 Å². The number of benzene rings is 1. The summed E-state index contributed by atoms with van der Waals surface area (Å²) in [5, 5.41) is 12.1. The molecule has 1 atom stereocenters. The van der Waals surface area contributed by atoms with Crippen LogP contribution < -0.4 is 14.8 Å². The van der Waals surface area contributed by atoms with Crippen molar-refractivity contribution in [3.63, 3.8) is 0 Å². The second-order valence-electron chi connectivity index (χ2n) is 5.84. The zero-order valence-corrected chi connectivity index (χ0v) is 14.5. The van der Waals surface area contributed by atoms with Gasteiger partial charge in [-0.15, -0.1) is 0 Å². The molecule has 0 saturated carbocycles. The number of amides is 1. The number of nitrogens with zero attached hydrogens (tertiary/aromatic N) is 1. The molecule has 0 bridgehead atoms. The van der Waals surface area contributed by atoms with Gasteiger partial charge in [-0.2, -0.15) is 5.26 Å². The van der Waals surface area contributed by atoms with Crippen molar-refractivity contribution in [2.24, 2.45) is 0 Å². The van der Waals surface area contributed by atoms with Crippen LogP contribution in [0.25, 0.3) is 6.08 Å². The molecule has 0 aromatic heterocycles. The van der Waals surface area contributed by atoms with Crippen molar-refractivity contribution in [3.05, 3.63) is 28.8 Å². The fourth-order valence-corrected chi connectivity index (χ4v) is 2.63. The van der Waals surface area contributed by atoms with Gasteiger partial charge in [0, 0.05) is 24.1 Å². The van der Waals surface area contributed by atoms with Crippen LogP contribution in [0.3, 0.4) is 0 Å². The summed E-state index contributed by atoms with van der Waals surface area (Å²) < 4.78 is 11.4. The molecule has 0 unspecified atom stereocenters. The van der Waals surface area contributed by atoms with Crippen LogP contribution in [0, 0.1) is 11.3 Å². The molecule has 1 aliphatic rings. The van der Waals surface area contributed by atoms with Crippen LogP contribution in [-0.4, -0.2) is 25.2 Å². The van der Waals surface area contributed by atoms with Crippen LogP contribution in [-0.2, 0) is 11.2 Å². The molecule has 0 aliphatic carbocycles. The molecule has 5 nitrogen and oxygen atoms in total. The first-order valence-electron chi connectivity index (χ1n) is 8.45. The van der Waals surface area contributed by atoms with Crippen molar-refractivity contribution in [2.45, 2.75) is 46.1 Å². The molecule has 1 amide bonds. The average Bonchev–Trinajstić information content (AvgIpc) is 2.91. The molecule has 0 fully saturated rings. The van der Waals surface area contributed by atoms with E-state index in [9.17, 15) is 10.1 Å². The Morgan fingerprint density at radius 1 is 1.50 bits per heavy atom. The molecule has 0 saturated heterocycles. The Hall–Kier alpha value is -2.48. The fraction of sp³-hybridized carbons (Fsp3) is 0.474. The number of unbranched alkanes of at least 4 members (excludes halogenated alkanes) is 1. The number of hydrogen-bond acceptors (Lipinski definition) is 4. The van der Waals surface area contributed by atoms with Gasteiger partial charge in [0.2, 0.25) is 0 Å². The van der Waals surface area contributed by atoms with E-state index in [0.717, 1.165) is 30.6 Å². The number of ether oxygens (including phenoxy) is 2. The number of fused-ring (bicyclic) bond motifs is 1. The van der Waals surface area contributed by atoms with Crippen LogP contribution in [0.4, 0.5) is 0 Å². The van der Waals surface area contributed by atoms with Gasteiger partial charge in [0.05, 0.1) is 6.61 Å². The summed E-state index contributed by atoms with van der Waals surface area (Å²) in [4.78, 5) is 12.1. The molecule has 24 heavy (non-hydrogen) atoms. The normalized spacial score (nSPS) is 16.1. The van der Waals surface area contributed by atoms with E-state index in [1.807, 2.05) is 39.0 Å². The Balaban J connectivity index is 2.30. The summed E-state index contributed by atoms with van der Waals surface area (Å²) >= 11 is 0. The number of carbonyl (C=O) groups is 1. The minimum absolute atomic E-state index is 0.0676. The predicted molar refractivity (Wildman–Crippen MR) is 92.9 cm³/mol. The van der Waals surface area contributed by atoms with Crippen LogP contribution in [0.15, 0.2) is 17.7 Å². The lowest BCUT2D eigenvalue weighted by atomic mass is 10.0. The first-order chi connectivity index (χ1) is 11.6. The van der Waals surface area contributed by atoms with Gasteiger partial charge in [-0.25, -0.2) is 0 Å². The van der Waals surface area contributed by atoms with E-state index in [1.165, 1.54) is 0 Å². The highest BCUT2D eigenvalue weighted by Crippen LogP contribution is 2.36. The van der Waals surface area contributed by atoms with Crippen molar-refractivity contribution in [2.75, 3.05) is 13.2 Å². The van der Waals surface area contributed by atoms with Crippen LogP contribution in [0.5, 0.6) is 11.5 Å². The molecule has 0 spiro atoms. The third kappa shape index (κ3) is 4.29. The lowest BCUT2D eigenvalue weighted by molar-refractivity contribution is -0.117. The van der Waals surface area contributed by atoms with E-state index >= 15 is 0 Å². The third-order valence-corrected chi connectivity index (χ3v) is 3.81. The van der Waals surface area contributed by atoms with Crippen molar-refractivity contribution in [3.8, 4) is 17.6 Å². The quantitative estimate of drug-likeness (QED) is 0.474. The first-order valence-corrected chi connectivity index (χ1v) is 8.45. The molecular formula is C19H24N2O3. The Labute approximate surface area is 143 Å². The fourth-order valence-electron chi connectivity index (χ4n) is 2.63. The number of nitrogens with one attached hydrogen (secondary N) is 1. The molecular weight excluding hydrogens is 304 g/mol. The summed E-state index contributed by atoms with van der Waals surface area (Å²) in [6, 6.07) is 5.77. The van der Waals surface area contributed by atoms with Gasteiger partial charge in [0.25, 0.3) is 5.91 Å². The summed E-state index contributed by atoms with van der Waals surface area (Å²) in [5.41, 5.74) is 1.85. The highest BCUT2D eigenvalue weighted by molar-refractivity contribution is 6.02. The van der Waals surface area contributed by atoms with Gasteiger partial charge in [-0.05, 0) is 38.5 Å². The van der Waals surface area contributed by atoms with Gasteiger partial charge in [-0.3, -0.25) is 4.79 Å². The smallest absolute Gasteiger partial charge is 0.261 e. The number of rotatable bonds is 7. The van der Waals surface area contributed by atoms with Crippen LogP contribution >= 0.6 is 0 Å². The molecule has 128 valence electrons. The van der Waals surface area contributed by atoms with Crippen molar-refractivity contribution < 1.29 is 14.3 Å². The highest BCUT2D eigenvalue weighted by Gasteiger charge is 2.22. The Bertz CT molecular complexity index is 674. The monoisotopic (exact) mass is 328 g/mol. The molecule has 2 rings (SSSR count). The van der Waals surface area contributed by atoms with Crippen molar-refractivity contribution >= 4 is 12.0 Å². The van der Waals surface area contributed by atoms with E-state index in [1.54, 1.807) is 6.08 Å². The molecule has 0 radical (unpaired) electrons. The summed E-state index contributed by atoms with van der Waals surface area (Å²) in [5.74, 6) is 1.10. The summed E-state index contributed by atoms with van der Waals surface area (Å²) in [6.45, 7) is 7.05. The maximum absolute atomic E-state index is 12.1. The predicted octanol–water partition coefficient (Wildman–Crippen LogP) is 3.23. The zero-order chi connectivity index (χ0) is 17.5. The van der Waals surface area contributed by atoms with Crippen LogP contribution in [0.2, 0.25) is 0 Å². The van der Waals surface area contributed by atoms with Crippen LogP contribution in [0.1, 0.15) is 44.7 Å². The average molecular weight is 328 g/mol. The number of nitriles is 1. The van der Waals surface area contributed by atoms with Gasteiger partial charge in [-0.1, -0.05) is 13.3 Å². The molecule has 1 aromatic carbocycles. The number of hydrogen-bond donors (Lipinski definition) is 1. The second kappa shape index (κ2) is 8.39. The third-order valence-electron chi connectivity index (χ3n) is 3.81. The van der Waals surface area contributed by atoms with Gasteiger partial charge < -0.3 is 14.8 Å². The summed E-state index contributed by atoms with van der Waals surface area (Å²) in [6.07, 6.45) is 4.40. The van der Waals surface area contributed by atoms with E-state index < -0.39 is 0 Å². The Kier molecular flexibility index (Phi) is 6.25. The lowest BCUT2D eigenvalue weighted by Gasteiger charge is -2.10. The second-order valence-corrected chi connectivity index (χ2v) is 5.84. The Morgan fingerprint density at radius 2 is 2.29 bits per heavy atom. The first kappa shape index (κ1) is 17.9. The minimum atomic E-state index is -0.358. The topological polar surface area (TPSA) is 71.4 Å². The molecule has 1 aromatic rings. The summed E-state index contributed by atoms with van der Waals surface area (Å²) in [7, 11) is 0. The maximum atomic E-state index is 12.1. The van der Waals surface area contributed by atoms with E-state index in [0.29, 0.717) is 24.5 Å². The standard InChI is InChI=1S/C19H24N2O3/c1-4-6-7-21-19(22)16(12-20)9-15-11-18-14(8-13(3)24-18)10-17(15)23-5-2/h9-11,13H,4-8H2,1-3H3,(H,21,22)/b16-9+/t13-/m0/s1. The zero-order valence-electron chi connectivity index (χ0n) is 14.5. The maximum Gasteiger partial charge on any atom is 0.261 e. The van der Waals surface area contributed by atoms with Crippen molar-refractivity contribution in [1.82, 2.24) is 5.32 Å². The van der Waals surface area contributed by atoms with E-state index in [4.69, 9.17) is 9.47 Å². The van der Waals surface area contributed by atoms with Gasteiger partial charge >= 0.3 is 0 Å². The Morgan fingerprint density at radius 3 is 2.96 bits per heavy atom. The largest absolute Gasteiger partial charge is 0.493 e. The molecule has 1 aliphatic heterocycles. The van der Waals surface area contributed by atoms with Crippen molar-refractivity contribution in [1.29, 1.82) is 5.26 Å². The lowest BCUT2D eigenvalue weighted by Crippen LogP contribution is -2.25. The van der Waals surface area contributed by atoms with E-state index in [2.05, 4.69) is 5.32 Å². The van der Waals surface area contributed by atoms with E-state index in [-0.39, 0.29) is 17.6 Å². The van der Waals surface area contributed by atoms with Gasteiger partial charge in [0.1, 0.15) is 29.2 Å². The molecule has 1 N–H and O–H groups in total. The number of carbonyl (C=O) groups excluding carboxylic acids is 1. The highest BCUT2D eigenvalue weighted by atomic mass is 16.5. The molecule has 1 heterocycles. The SMILES string of the molecule is CCCCNC(=O)/C(C#N)=C/c1cc2c(cc1OCC)C[C@H](C)O2. The molecule has 5 heteroatoms.